The fourth-order valence-corrected chi connectivity index (χ4v) is 2.17. The Kier molecular flexibility index (Phi) is 5.80. The van der Waals surface area contributed by atoms with Crippen LogP contribution in [-0.2, 0) is 4.79 Å². The second kappa shape index (κ2) is 7.13. The summed E-state index contributed by atoms with van der Waals surface area (Å²) in [4.78, 5) is 22.4. The third kappa shape index (κ3) is 4.85. The SMILES string of the molecule is O=C(NCC(F)F)NC1CCCCCC1C(=O)O. The van der Waals surface area contributed by atoms with Crippen molar-refractivity contribution in [2.24, 2.45) is 5.92 Å². The number of nitrogens with one attached hydrogen (secondary N) is 2. The third-order valence-electron chi connectivity index (χ3n) is 3.07. The fourth-order valence-electron chi connectivity index (χ4n) is 2.17. The monoisotopic (exact) mass is 264 g/mol. The Balaban J connectivity index is 2.49. The maximum absolute atomic E-state index is 11.9. The summed E-state index contributed by atoms with van der Waals surface area (Å²) < 4.78 is 23.8. The van der Waals surface area contributed by atoms with Gasteiger partial charge < -0.3 is 15.7 Å². The first-order chi connectivity index (χ1) is 8.50. The van der Waals surface area contributed by atoms with Crippen LogP contribution in [0.1, 0.15) is 32.1 Å². The molecule has 2 unspecified atom stereocenters. The van der Waals surface area contributed by atoms with Crippen LogP contribution in [0.3, 0.4) is 0 Å². The summed E-state index contributed by atoms with van der Waals surface area (Å²) in [5.41, 5.74) is 0. The predicted molar refractivity (Wildman–Crippen MR) is 60.5 cm³/mol. The first-order valence-corrected chi connectivity index (χ1v) is 6.06. The highest BCUT2D eigenvalue weighted by Crippen LogP contribution is 2.23. The molecule has 0 heterocycles. The first-order valence-electron chi connectivity index (χ1n) is 6.06. The van der Waals surface area contributed by atoms with E-state index in [1.165, 1.54) is 0 Å². The zero-order valence-corrected chi connectivity index (χ0v) is 9.99. The van der Waals surface area contributed by atoms with Crippen LogP contribution in [-0.4, -0.2) is 36.1 Å². The number of carbonyl (C=O) groups excluding carboxylic acids is 1. The van der Waals surface area contributed by atoms with Crippen molar-refractivity contribution in [2.75, 3.05) is 6.54 Å². The molecule has 1 aliphatic carbocycles. The Labute approximate surface area is 104 Å². The lowest BCUT2D eigenvalue weighted by molar-refractivity contribution is -0.142. The van der Waals surface area contributed by atoms with E-state index >= 15 is 0 Å². The van der Waals surface area contributed by atoms with Gasteiger partial charge in [0.15, 0.2) is 0 Å². The van der Waals surface area contributed by atoms with Crippen molar-refractivity contribution in [3.05, 3.63) is 0 Å². The highest BCUT2D eigenvalue weighted by atomic mass is 19.3. The van der Waals surface area contributed by atoms with E-state index < -0.39 is 36.9 Å². The van der Waals surface area contributed by atoms with E-state index in [4.69, 9.17) is 5.11 Å². The molecule has 1 saturated carbocycles. The molecular weight excluding hydrogens is 246 g/mol. The van der Waals surface area contributed by atoms with Gasteiger partial charge in [-0.25, -0.2) is 13.6 Å². The van der Waals surface area contributed by atoms with Gasteiger partial charge in [-0.3, -0.25) is 4.79 Å². The minimum Gasteiger partial charge on any atom is -0.481 e. The molecule has 1 aliphatic rings. The normalized spacial score (nSPS) is 24.4. The van der Waals surface area contributed by atoms with E-state index in [2.05, 4.69) is 5.32 Å². The highest BCUT2D eigenvalue weighted by molar-refractivity contribution is 5.76. The van der Waals surface area contributed by atoms with E-state index in [9.17, 15) is 18.4 Å². The molecule has 1 rings (SSSR count). The van der Waals surface area contributed by atoms with E-state index in [1.807, 2.05) is 5.32 Å². The number of amides is 2. The lowest BCUT2D eigenvalue weighted by Gasteiger charge is -2.22. The minimum absolute atomic E-state index is 0.484. The number of rotatable bonds is 4. The van der Waals surface area contributed by atoms with Crippen LogP contribution >= 0.6 is 0 Å². The maximum Gasteiger partial charge on any atom is 0.315 e. The summed E-state index contributed by atoms with van der Waals surface area (Å²) >= 11 is 0. The molecule has 2 atom stereocenters. The third-order valence-corrected chi connectivity index (χ3v) is 3.07. The Hall–Kier alpha value is -1.40. The van der Waals surface area contributed by atoms with Gasteiger partial charge in [0.2, 0.25) is 0 Å². The molecule has 0 bridgehead atoms. The van der Waals surface area contributed by atoms with Crippen LogP contribution in [0.25, 0.3) is 0 Å². The summed E-state index contributed by atoms with van der Waals surface area (Å²) in [6.07, 6.45) is 1.05. The number of carbonyl (C=O) groups is 2. The van der Waals surface area contributed by atoms with Crippen molar-refractivity contribution in [2.45, 2.75) is 44.6 Å². The smallest absolute Gasteiger partial charge is 0.315 e. The van der Waals surface area contributed by atoms with Gasteiger partial charge >= 0.3 is 12.0 Å². The van der Waals surface area contributed by atoms with Crippen LogP contribution in [0.2, 0.25) is 0 Å². The largest absolute Gasteiger partial charge is 0.481 e. The number of halogens is 2. The molecule has 104 valence electrons. The first kappa shape index (κ1) is 14.7. The number of carboxylic acids is 1. The molecule has 18 heavy (non-hydrogen) atoms. The van der Waals surface area contributed by atoms with Crippen molar-refractivity contribution < 1.29 is 23.5 Å². The molecule has 0 radical (unpaired) electrons. The summed E-state index contributed by atoms with van der Waals surface area (Å²) in [7, 11) is 0. The molecule has 0 aromatic rings. The van der Waals surface area contributed by atoms with Gasteiger partial charge in [0.25, 0.3) is 6.43 Å². The molecule has 2 amide bonds. The molecule has 0 aromatic carbocycles. The molecule has 0 spiro atoms. The molecule has 0 aromatic heterocycles. The van der Waals surface area contributed by atoms with E-state index in [0.717, 1.165) is 19.3 Å². The Morgan fingerprint density at radius 3 is 2.50 bits per heavy atom. The van der Waals surface area contributed by atoms with E-state index in [1.54, 1.807) is 0 Å². The lowest BCUT2D eigenvalue weighted by atomic mass is 9.95. The summed E-state index contributed by atoms with van der Waals surface area (Å²) in [5.74, 6) is -1.58. The highest BCUT2D eigenvalue weighted by Gasteiger charge is 2.30. The number of aliphatic carboxylic acids is 1. The minimum atomic E-state index is -2.61. The molecule has 5 nitrogen and oxygen atoms in total. The number of hydrogen-bond acceptors (Lipinski definition) is 2. The Morgan fingerprint density at radius 1 is 1.22 bits per heavy atom. The molecule has 1 fully saturated rings. The molecule has 3 N–H and O–H groups in total. The molecule has 0 saturated heterocycles. The van der Waals surface area contributed by atoms with Crippen molar-refractivity contribution in [1.29, 1.82) is 0 Å². The summed E-state index contributed by atoms with van der Waals surface area (Å²) in [5, 5.41) is 13.6. The number of hydrogen-bond donors (Lipinski definition) is 3. The van der Waals surface area contributed by atoms with Gasteiger partial charge in [0.1, 0.15) is 0 Å². The van der Waals surface area contributed by atoms with Gasteiger partial charge in [-0.1, -0.05) is 19.3 Å². The van der Waals surface area contributed by atoms with Gasteiger partial charge in [-0.15, -0.1) is 0 Å². The van der Waals surface area contributed by atoms with Crippen LogP contribution in [0.15, 0.2) is 0 Å². The molecular formula is C11H18F2N2O3. The predicted octanol–water partition coefficient (Wildman–Crippen LogP) is 1.58. The fraction of sp³-hybridized carbons (Fsp3) is 0.818. The maximum atomic E-state index is 11.9. The van der Waals surface area contributed by atoms with Gasteiger partial charge in [0, 0.05) is 6.04 Å². The van der Waals surface area contributed by atoms with Crippen LogP contribution in [0.5, 0.6) is 0 Å². The topological polar surface area (TPSA) is 78.4 Å². The van der Waals surface area contributed by atoms with Crippen molar-refractivity contribution in [3.8, 4) is 0 Å². The van der Waals surface area contributed by atoms with Crippen molar-refractivity contribution >= 4 is 12.0 Å². The standard InChI is InChI=1S/C11H18F2N2O3/c12-9(13)6-14-11(18)15-8-5-3-1-2-4-7(8)10(16)17/h7-9H,1-6H2,(H,16,17)(H2,14,15,18). The zero-order valence-electron chi connectivity index (χ0n) is 9.99. The quantitative estimate of drug-likeness (QED) is 0.675. The summed E-state index contributed by atoms with van der Waals surface area (Å²) in [6, 6.07) is -1.21. The second-order valence-electron chi connectivity index (χ2n) is 4.43. The van der Waals surface area contributed by atoms with Gasteiger partial charge in [-0.2, -0.15) is 0 Å². The van der Waals surface area contributed by atoms with Crippen molar-refractivity contribution in [1.82, 2.24) is 10.6 Å². The lowest BCUT2D eigenvalue weighted by Crippen LogP contribution is -2.48. The zero-order chi connectivity index (χ0) is 13.5. The average Bonchev–Trinajstić information content (AvgIpc) is 2.51. The number of carboxylic acid groups (broad SMARTS) is 1. The number of alkyl halides is 2. The van der Waals surface area contributed by atoms with Crippen LogP contribution < -0.4 is 10.6 Å². The van der Waals surface area contributed by atoms with Gasteiger partial charge in [0.05, 0.1) is 12.5 Å². The number of urea groups is 1. The second-order valence-corrected chi connectivity index (χ2v) is 4.43. The Bertz CT molecular complexity index is 300. The van der Waals surface area contributed by atoms with E-state index in [-0.39, 0.29) is 0 Å². The van der Waals surface area contributed by atoms with E-state index in [0.29, 0.717) is 12.8 Å². The summed E-state index contributed by atoms with van der Waals surface area (Å²) in [6.45, 7) is -0.726. The Morgan fingerprint density at radius 2 is 1.89 bits per heavy atom. The average molecular weight is 264 g/mol. The van der Waals surface area contributed by atoms with Gasteiger partial charge in [-0.05, 0) is 12.8 Å². The van der Waals surface area contributed by atoms with Crippen molar-refractivity contribution in [3.63, 3.8) is 0 Å². The van der Waals surface area contributed by atoms with Crippen LogP contribution in [0.4, 0.5) is 13.6 Å². The molecule has 7 heteroatoms. The van der Waals surface area contributed by atoms with Crippen LogP contribution in [0, 0.1) is 5.92 Å². The molecule has 0 aliphatic heterocycles.